The minimum atomic E-state index is 0. The number of anilines is 1. The van der Waals surface area contributed by atoms with Crippen molar-refractivity contribution in [1.82, 2.24) is 24.8 Å². The molecule has 0 unspecified atom stereocenters. The number of aromatic amines is 1. The number of hydrogen-bond acceptors (Lipinski definition) is 6. The molecule has 0 saturated carbocycles. The van der Waals surface area contributed by atoms with Crippen LogP contribution in [0.5, 0.6) is 0 Å². The number of imidazole rings is 1. The Hall–Kier alpha value is -2.22. The Bertz CT molecular complexity index is 1050. The molecule has 4 aromatic rings. The normalized spacial score (nSPS) is 15.2. The molecule has 1 fully saturated rings. The largest absolute Gasteiger partial charge is 0.353 e. The monoisotopic (exact) mass is 414 g/mol. The van der Waals surface area contributed by atoms with E-state index in [0.717, 1.165) is 66.7 Å². The summed E-state index contributed by atoms with van der Waals surface area (Å²) in [7, 11) is 0. The molecule has 8 heteroatoms. The molecule has 1 aliphatic heterocycles. The average molecular weight is 415 g/mol. The van der Waals surface area contributed by atoms with E-state index in [9.17, 15) is 0 Å². The first-order valence-corrected chi connectivity index (χ1v) is 10.3. The van der Waals surface area contributed by atoms with Crippen molar-refractivity contribution in [3.05, 3.63) is 47.4 Å². The summed E-state index contributed by atoms with van der Waals surface area (Å²) in [5.41, 5.74) is 2.15. The number of aromatic nitrogens is 4. The van der Waals surface area contributed by atoms with Crippen molar-refractivity contribution in [2.45, 2.75) is 19.9 Å². The standard InChI is InChI=1S/C20H22N6S.ClH/c1-2-14-11-15-19(21-13-22-20(15)27-14)26-9-7-25(8-10-26)12-18-23-16-5-3-4-6-17(16)24-18;/h3-6,11,13H,2,7-10,12H2,1H3,(H,23,24);1H. The van der Waals surface area contributed by atoms with Gasteiger partial charge in [0.25, 0.3) is 0 Å². The van der Waals surface area contributed by atoms with E-state index < -0.39 is 0 Å². The van der Waals surface area contributed by atoms with Crippen molar-refractivity contribution in [3.63, 3.8) is 0 Å². The lowest BCUT2D eigenvalue weighted by atomic mass is 10.2. The van der Waals surface area contributed by atoms with Crippen LogP contribution in [0.2, 0.25) is 0 Å². The number of hydrogen-bond donors (Lipinski definition) is 1. The number of halogens is 1. The van der Waals surface area contributed by atoms with Gasteiger partial charge in [-0.15, -0.1) is 23.7 Å². The van der Waals surface area contributed by atoms with E-state index in [4.69, 9.17) is 4.98 Å². The van der Waals surface area contributed by atoms with Crippen LogP contribution >= 0.6 is 23.7 Å². The maximum Gasteiger partial charge on any atom is 0.140 e. The number of thiophene rings is 1. The highest BCUT2D eigenvalue weighted by Crippen LogP contribution is 2.31. The number of aryl methyl sites for hydroxylation is 1. The molecule has 0 amide bonds. The summed E-state index contributed by atoms with van der Waals surface area (Å²) in [6, 6.07) is 10.5. The van der Waals surface area contributed by atoms with Gasteiger partial charge in [0.1, 0.15) is 22.8 Å². The van der Waals surface area contributed by atoms with Crippen molar-refractivity contribution < 1.29 is 0 Å². The van der Waals surface area contributed by atoms with Crippen molar-refractivity contribution in [1.29, 1.82) is 0 Å². The van der Waals surface area contributed by atoms with Crippen LogP contribution in [0.4, 0.5) is 5.82 Å². The zero-order chi connectivity index (χ0) is 18.2. The summed E-state index contributed by atoms with van der Waals surface area (Å²) >= 11 is 1.78. The van der Waals surface area contributed by atoms with Gasteiger partial charge in [-0.05, 0) is 24.6 Å². The fraction of sp³-hybridized carbons (Fsp3) is 0.350. The zero-order valence-corrected chi connectivity index (χ0v) is 17.4. The highest BCUT2D eigenvalue weighted by atomic mass is 35.5. The molecule has 0 aliphatic carbocycles. The summed E-state index contributed by atoms with van der Waals surface area (Å²) in [6.07, 6.45) is 2.75. The third-order valence-electron chi connectivity index (χ3n) is 5.19. The highest BCUT2D eigenvalue weighted by Gasteiger charge is 2.21. The molecule has 1 aliphatic rings. The van der Waals surface area contributed by atoms with Crippen molar-refractivity contribution in [3.8, 4) is 0 Å². The fourth-order valence-corrected chi connectivity index (χ4v) is 4.66. The summed E-state index contributed by atoms with van der Waals surface area (Å²) in [5.74, 6) is 2.12. The third-order valence-corrected chi connectivity index (χ3v) is 6.38. The predicted molar refractivity (Wildman–Crippen MR) is 118 cm³/mol. The Kier molecular flexibility index (Phi) is 5.48. The van der Waals surface area contributed by atoms with Gasteiger partial charge in [0.15, 0.2) is 0 Å². The first-order valence-electron chi connectivity index (χ1n) is 9.44. The number of benzene rings is 1. The van der Waals surface area contributed by atoms with E-state index in [1.165, 1.54) is 10.3 Å². The van der Waals surface area contributed by atoms with E-state index >= 15 is 0 Å². The van der Waals surface area contributed by atoms with Crippen molar-refractivity contribution >= 4 is 50.8 Å². The van der Waals surface area contributed by atoms with Gasteiger partial charge in [-0.2, -0.15) is 0 Å². The van der Waals surface area contributed by atoms with E-state index in [2.05, 4.69) is 49.9 Å². The van der Waals surface area contributed by atoms with Crippen LogP contribution < -0.4 is 4.90 Å². The second kappa shape index (κ2) is 8.03. The van der Waals surface area contributed by atoms with Gasteiger partial charge in [-0.1, -0.05) is 19.1 Å². The van der Waals surface area contributed by atoms with Crippen LogP contribution in [0.15, 0.2) is 36.7 Å². The maximum absolute atomic E-state index is 4.71. The topological polar surface area (TPSA) is 60.9 Å². The molecule has 1 N–H and O–H groups in total. The smallest absolute Gasteiger partial charge is 0.140 e. The van der Waals surface area contributed by atoms with Gasteiger partial charge in [-0.3, -0.25) is 4.90 Å². The number of piperazine rings is 1. The highest BCUT2D eigenvalue weighted by molar-refractivity contribution is 7.18. The predicted octanol–water partition coefficient (Wildman–Crippen LogP) is 3.87. The number of rotatable bonds is 4. The number of nitrogens with one attached hydrogen (secondary N) is 1. The van der Waals surface area contributed by atoms with Crippen LogP contribution in [0, 0.1) is 0 Å². The molecule has 4 heterocycles. The van der Waals surface area contributed by atoms with E-state index in [1.807, 2.05) is 12.1 Å². The second-order valence-electron chi connectivity index (χ2n) is 6.95. The third kappa shape index (κ3) is 3.57. The van der Waals surface area contributed by atoms with Crippen molar-refractivity contribution in [2.75, 3.05) is 31.1 Å². The molecule has 0 spiro atoms. The van der Waals surface area contributed by atoms with Crippen LogP contribution in [-0.4, -0.2) is 51.0 Å². The van der Waals surface area contributed by atoms with Crippen LogP contribution in [0.25, 0.3) is 21.3 Å². The molecular formula is C20H23ClN6S. The lowest BCUT2D eigenvalue weighted by Crippen LogP contribution is -2.46. The van der Waals surface area contributed by atoms with Gasteiger partial charge in [-0.25, -0.2) is 15.0 Å². The summed E-state index contributed by atoms with van der Waals surface area (Å²) in [4.78, 5) is 24.5. The van der Waals surface area contributed by atoms with Crippen LogP contribution in [0.1, 0.15) is 17.6 Å². The summed E-state index contributed by atoms with van der Waals surface area (Å²) in [6.45, 7) is 7.02. The average Bonchev–Trinajstić information content (AvgIpc) is 3.31. The second-order valence-corrected chi connectivity index (χ2v) is 8.06. The molecule has 5 rings (SSSR count). The van der Waals surface area contributed by atoms with Crippen LogP contribution in [-0.2, 0) is 13.0 Å². The molecule has 1 saturated heterocycles. The lowest BCUT2D eigenvalue weighted by molar-refractivity contribution is 0.244. The molecule has 0 atom stereocenters. The number of para-hydroxylation sites is 2. The van der Waals surface area contributed by atoms with Gasteiger partial charge in [0.05, 0.1) is 23.0 Å². The van der Waals surface area contributed by atoms with E-state index in [1.54, 1.807) is 17.7 Å². The van der Waals surface area contributed by atoms with Gasteiger partial charge >= 0.3 is 0 Å². The number of H-pyrrole nitrogens is 1. The van der Waals surface area contributed by atoms with Crippen LogP contribution in [0.3, 0.4) is 0 Å². The quantitative estimate of drug-likeness (QED) is 0.549. The molecule has 0 radical (unpaired) electrons. The number of nitrogens with zero attached hydrogens (tertiary/aromatic N) is 5. The minimum Gasteiger partial charge on any atom is -0.353 e. The summed E-state index contributed by atoms with van der Waals surface area (Å²) in [5, 5.41) is 1.20. The molecular weight excluding hydrogens is 392 g/mol. The molecule has 3 aromatic heterocycles. The fourth-order valence-electron chi connectivity index (χ4n) is 3.73. The number of fused-ring (bicyclic) bond motifs is 2. The maximum atomic E-state index is 4.71. The summed E-state index contributed by atoms with van der Waals surface area (Å²) < 4.78 is 0. The molecule has 6 nitrogen and oxygen atoms in total. The lowest BCUT2D eigenvalue weighted by Gasteiger charge is -2.35. The van der Waals surface area contributed by atoms with E-state index in [-0.39, 0.29) is 12.4 Å². The van der Waals surface area contributed by atoms with Gasteiger partial charge in [0.2, 0.25) is 0 Å². The zero-order valence-electron chi connectivity index (χ0n) is 15.8. The Labute approximate surface area is 174 Å². The molecule has 146 valence electrons. The minimum absolute atomic E-state index is 0. The first-order chi connectivity index (χ1) is 13.3. The Balaban J connectivity index is 0.00000192. The molecule has 1 aromatic carbocycles. The Morgan fingerprint density at radius 3 is 2.71 bits per heavy atom. The molecule has 0 bridgehead atoms. The molecule has 28 heavy (non-hydrogen) atoms. The Morgan fingerprint density at radius 2 is 1.93 bits per heavy atom. The van der Waals surface area contributed by atoms with Gasteiger partial charge < -0.3 is 9.88 Å². The van der Waals surface area contributed by atoms with Crippen molar-refractivity contribution in [2.24, 2.45) is 0 Å². The van der Waals surface area contributed by atoms with E-state index in [0.29, 0.717) is 0 Å². The SMILES string of the molecule is CCc1cc2c(N3CCN(Cc4nc5ccccc5[nH]4)CC3)ncnc2s1.Cl. The first kappa shape index (κ1) is 19.1. The van der Waals surface area contributed by atoms with Gasteiger partial charge in [0, 0.05) is 31.1 Å². The Morgan fingerprint density at radius 1 is 1.11 bits per heavy atom.